The SMILES string of the molecule is CC(Nc1cccc(CN(C)C)c1)c1ccc(F)c(Cl)c1. The molecule has 2 aromatic carbocycles. The van der Waals surface area contributed by atoms with E-state index in [1.807, 2.05) is 33.2 Å². The van der Waals surface area contributed by atoms with Gasteiger partial charge >= 0.3 is 0 Å². The molecule has 0 fully saturated rings. The molecule has 0 aliphatic carbocycles. The van der Waals surface area contributed by atoms with Crippen molar-refractivity contribution in [3.05, 3.63) is 64.4 Å². The average molecular weight is 307 g/mol. The van der Waals surface area contributed by atoms with Crippen LogP contribution in [-0.4, -0.2) is 19.0 Å². The van der Waals surface area contributed by atoms with Crippen LogP contribution in [0, 0.1) is 5.82 Å². The van der Waals surface area contributed by atoms with Crippen molar-refractivity contribution in [3.63, 3.8) is 0 Å². The third-order valence-corrected chi connectivity index (χ3v) is 3.54. The largest absolute Gasteiger partial charge is 0.379 e. The molecule has 21 heavy (non-hydrogen) atoms. The van der Waals surface area contributed by atoms with Crippen molar-refractivity contribution in [1.29, 1.82) is 0 Å². The van der Waals surface area contributed by atoms with Gasteiger partial charge in [-0.25, -0.2) is 4.39 Å². The second-order valence-electron chi connectivity index (χ2n) is 5.48. The van der Waals surface area contributed by atoms with Crippen LogP contribution in [0.25, 0.3) is 0 Å². The van der Waals surface area contributed by atoms with Gasteiger partial charge in [-0.2, -0.15) is 0 Å². The number of benzene rings is 2. The first kappa shape index (κ1) is 15.8. The van der Waals surface area contributed by atoms with Crippen LogP contribution in [-0.2, 0) is 6.54 Å². The fourth-order valence-electron chi connectivity index (χ4n) is 2.24. The number of rotatable bonds is 5. The summed E-state index contributed by atoms with van der Waals surface area (Å²) < 4.78 is 13.2. The maximum absolute atomic E-state index is 13.2. The summed E-state index contributed by atoms with van der Waals surface area (Å²) in [5.41, 5.74) is 3.25. The van der Waals surface area contributed by atoms with E-state index in [-0.39, 0.29) is 16.9 Å². The van der Waals surface area contributed by atoms with Gasteiger partial charge in [-0.3, -0.25) is 0 Å². The molecule has 0 saturated heterocycles. The molecule has 1 unspecified atom stereocenters. The molecule has 0 heterocycles. The van der Waals surface area contributed by atoms with Crippen molar-refractivity contribution in [1.82, 2.24) is 4.90 Å². The van der Waals surface area contributed by atoms with Crippen molar-refractivity contribution in [2.45, 2.75) is 19.5 Å². The second-order valence-corrected chi connectivity index (χ2v) is 5.88. The number of hydrogen-bond acceptors (Lipinski definition) is 2. The Kier molecular flexibility index (Phi) is 5.21. The van der Waals surface area contributed by atoms with Crippen molar-refractivity contribution < 1.29 is 4.39 Å². The standard InChI is InChI=1S/C17H20ClFN2/c1-12(14-7-8-17(19)16(18)10-14)20-15-6-4-5-13(9-15)11-21(2)3/h4-10,12,20H,11H2,1-3H3. The Morgan fingerprint density at radius 1 is 1.19 bits per heavy atom. The van der Waals surface area contributed by atoms with Crippen molar-refractivity contribution in [2.75, 3.05) is 19.4 Å². The number of nitrogens with zero attached hydrogens (tertiary/aromatic N) is 1. The Hall–Kier alpha value is -1.58. The van der Waals surface area contributed by atoms with Crippen molar-refractivity contribution in [3.8, 4) is 0 Å². The quantitative estimate of drug-likeness (QED) is 0.860. The van der Waals surface area contributed by atoms with Crippen LogP contribution >= 0.6 is 11.6 Å². The summed E-state index contributed by atoms with van der Waals surface area (Å²) in [5, 5.41) is 3.57. The molecule has 1 atom stereocenters. The van der Waals surface area contributed by atoms with E-state index in [2.05, 4.69) is 22.3 Å². The van der Waals surface area contributed by atoms with Gasteiger partial charge in [-0.15, -0.1) is 0 Å². The normalized spacial score (nSPS) is 12.5. The van der Waals surface area contributed by atoms with Crippen LogP contribution in [0.2, 0.25) is 5.02 Å². The number of halogens is 2. The highest BCUT2D eigenvalue weighted by molar-refractivity contribution is 6.30. The molecule has 0 saturated carbocycles. The number of nitrogens with one attached hydrogen (secondary N) is 1. The first-order valence-electron chi connectivity index (χ1n) is 6.91. The molecule has 0 aliphatic heterocycles. The minimum Gasteiger partial charge on any atom is -0.379 e. The molecule has 4 heteroatoms. The Bertz CT molecular complexity index is 613. The summed E-state index contributed by atoms with van der Waals surface area (Å²) in [5.74, 6) is -0.388. The number of anilines is 1. The smallest absolute Gasteiger partial charge is 0.141 e. The molecule has 0 spiro atoms. The molecule has 2 aromatic rings. The highest BCUT2D eigenvalue weighted by Crippen LogP contribution is 2.24. The molecule has 0 aromatic heterocycles. The lowest BCUT2D eigenvalue weighted by Gasteiger charge is -2.17. The molecule has 2 nitrogen and oxygen atoms in total. The summed E-state index contributed by atoms with van der Waals surface area (Å²) in [7, 11) is 4.09. The van der Waals surface area contributed by atoms with E-state index in [9.17, 15) is 4.39 Å². The molecule has 0 amide bonds. The van der Waals surface area contributed by atoms with E-state index in [0.29, 0.717) is 0 Å². The van der Waals surface area contributed by atoms with Gasteiger partial charge in [0.2, 0.25) is 0 Å². The molecular formula is C17H20ClFN2. The van der Waals surface area contributed by atoms with E-state index in [1.54, 1.807) is 12.1 Å². The lowest BCUT2D eigenvalue weighted by atomic mass is 10.1. The van der Waals surface area contributed by atoms with E-state index >= 15 is 0 Å². The van der Waals surface area contributed by atoms with Gasteiger partial charge < -0.3 is 10.2 Å². The zero-order chi connectivity index (χ0) is 15.4. The molecule has 0 radical (unpaired) electrons. The Labute approximate surface area is 130 Å². The third kappa shape index (κ3) is 4.45. The number of hydrogen-bond donors (Lipinski definition) is 1. The van der Waals surface area contributed by atoms with Gasteiger partial charge in [0, 0.05) is 18.3 Å². The molecule has 0 aliphatic rings. The maximum Gasteiger partial charge on any atom is 0.141 e. The van der Waals surface area contributed by atoms with E-state index in [1.165, 1.54) is 11.6 Å². The summed E-state index contributed by atoms with van der Waals surface area (Å²) in [6.07, 6.45) is 0. The minimum absolute atomic E-state index is 0.0534. The van der Waals surface area contributed by atoms with Gasteiger partial charge in [-0.1, -0.05) is 29.8 Å². The first-order chi connectivity index (χ1) is 9.95. The maximum atomic E-state index is 13.2. The predicted molar refractivity (Wildman–Crippen MR) is 87.3 cm³/mol. The van der Waals surface area contributed by atoms with Gasteiger partial charge in [-0.05, 0) is 56.4 Å². The summed E-state index contributed by atoms with van der Waals surface area (Å²) in [6.45, 7) is 2.93. The van der Waals surface area contributed by atoms with Crippen molar-refractivity contribution >= 4 is 17.3 Å². The van der Waals surface area contributed by atoms with E-state index in [0.717, 1.165) is 17.8 Å². The highest BCUT2D eigenvalue weighted by atomic mass is 35.5. The first-order valence-corrected chi connectivity index (χ1v) is 7.28. The molecule has 1 N–H and O–H groups in total. The second kappa shape index (κ2) is 6.92. The van der Waals surface area contributed by atoms with Gasteiger partial charge in [0.05, 0.1) is 5.02 Å². The molecule has 112 valence electrons. The predicted octanol–water partition coefficient (Wildman–Crippen LogP) is 4.71. The van der Waals surface area contributed by atoms with Gasteiger partial charge in [0.25, 0.3) is 0 Å². The van der Waals surface area contributed by atoms with Crippen molar-refractivity contribution in [2.24, 2.45) is 0 Å². The Morgan fingerprint density at radius 2 is 1.95 bits per heavy atom. The average Bonchev–Trinajstić information content (AvgIpc) is 2.41. The van der Waals surface area contributed by atoms with E-state index in [4.69, 9.17) is 11.6 Å². The van der Waals surface area contributed by atoms with Gasteiger partial charge in [0.15, 0.2) is 0 Å². The van der Waals surface area contributed by atoms with Crippen LogP contribution in [0.1, 0.15) is 24.1 Å². The van der Waals surface area contributed by atoms with Crippen LogP contribution in [0.15, 0.2) is 42.5 Å². The summed E-state index contributed by atoms with van der Waals surface area (Å²) >= 11 is 5.84. The van der Waals surface area contributed by atoms with Crippen LogP contribution in [0.4, 0.5) is 10.1 Å². The van der Waals surface area contributed by atoms with Crippen LogP contribution in [0.5, 0.6) is 0 Å². The highest BCUT2D eigenvalue weighted by Gasteiger charge is 2.08. The summed E-state index contributed by atoms with van der Waals surface area (Å²) in [4.78, 5) is 2.13. The zero-order valence-corrected chi connectivity index (χ0v) is 13.3. The molecular weight excluding hydrogens is 287 g/mol. The fraction of sp³-hybridized carbons (Fsp3) is 0.294. The monoisotopic (exact) mass is 306 g/mol. The Balaban J connectivity index is 2.11. The van der Waals surface area contributed by atoms with Crippen LogP contribution < -0.4 is 5.32 Å². The van der Waals surface area contributed by atoms with Crippen LogP contribution in [0.3, 0.4) is 0 Å². The third-order valence-electron chi connectivity index (χ3n) is 3.25. The molecule has 2 rings (SSSR count). The Morgan fingerprint density at radius 3 is 2.62 bits per heavy atom. The molecule has 0 bridgehead atoms. The summed E-state index contributed by atoms with van der Waals surface area (Å²) in [6, 6.07) is 13.2. The topological polar surface area (TPSA) is 15.3 Å². The van der Waals surface area contributed by atoms with E-state index < -0.39 is 0 Å². The minimum atomic E-state index is -0.388. The van der Waals surface area contributed by atoms with Gasteiger partial charge in [0.1, 0.15) is 5.82 Å². The lowest BCUT2D eigenvalue weighted by Crippen LogP contribution is -2.11. The zero-order valence-electron chi connectivity index (χ0n) is 12.5. The lowest BCUT2D eigenvalue weighted by molar-refractivity contribution is 0.402. The fourth-order valence-corrected chi connectivity index (χ4v) is 2.43.